The van der Waals surface area contributed by atoms with Crippen LogP contribution in [0.25, 0.3) is 0 Å². The third-order valence-corrected chi connectivity index (χ3v) is 4.43. The highest BCUT2D eigenvalue weighted by Gasteiger charge is 2.23. The number of hydrogen-bond acceptors (Lipinski definition) is 3. The molecule has 1 unspecified atom stereocenters. The van der Waals surface area contributed by atoms with Crippen molar-refractivity contribution in [3.8, 4) is 0 Å². The Morgan fingerprint density at radius 3 is 3.00 bits per heavy atom. The highest BCUT2D eigenvalue weighted by atomic mass is 32.1. The average Bonchev–Trinajstić information content (AvgIpc) is 2.41. The summed E-state index contributed by atoms with van der Waals surface area (Å²) in [5.41, 5.74) is 8.65. The topological polar surface area (TPSA) is 43.1 Å². The van der Waals surface area contributed by atoms with Crippen LogP contribution >= 0.6 is 11.3 Å². The lowest BCUT2D eigenvalue weighted by Gasteiger charge is -2.21. The molecule has 1 aliphatic carbocycles. The molecule has 0 saturated heterocycles. The molecule has 1 aliphatic rings. The minimum Gasteiger partial charge on any atom is -0.390 e. The lowest BCUT2D eigenvalue weighted by molar-refractivity contribution is -0.117. The number of hydrogen-bond donors (Lipinski definition) is 1. The zero-order valence-electron chi connectivity index (χ0n) is 9.30. The van der Waals surface area contributed by atoms with Gasteiger partial charge >= 0.3 is 0 Å². The van der Waals surface area contributed by atoms with Crippen molar-refractivity contribution in [3.05, 3.63) is 16.0 Å². The molecule has 1 aromatic heterocycles. The SMILES string of the molecule is CC(=O)CC1CCc2c(sc(N)c2C)C1. The minimum absolute atomic E-state index is 0.310. The monoisotopic (exact) mass is 223 g/mol. The van der Waals surface area contributed by atoms with E-state index in [4.69, 9.17) is 5.73 Å². The van der Waals surface area contributed by atoms with E-state index in [0.29, 0.717) is 11.7 Å². The summed E-state index contributed by atoms with van der Waals surface area (Å²) in [4.78, 5) is 12.5. The standard InChI is InChI=1S/C12H17NOS/c1-7(14)5-9-3-4-10-8(2)12(13)15-11(10)6-9/h9H,3-6,13H2,1-2H3. The molecule has 0 fully saturated rings. The summed E-state index contributed by atoms with van der Waals surface area (Å²) in [5, 5.41) is 0.962. The molecule has 0 spiro atoms. The second-order valence-electron chi connectivity index (χ2n) is 4.51. The molecule has 0 amide bonds. The van der Waals surface area contributed by atoms with Crippen molar-refractivity contribution in [2.24, 2.45) is 5.92 Å². The number of thiophene rings is 1. The van der Waals surface area contributed by atoms with Gasteiger partial charge in [0.1, 0.15) is 5.78 Å². The minimum atomic E-state index is 0.310. The third kappa shape index (κ3) is 2.07. The number of nitrogens with two attached hydrogens (primary N) is 1. The van der Waals surface area contributed by atoms with Crippen LogP contribution in [0.2, 0.25) is 0 Å². The molecule has 2 N–H and O–H groups in total. The summed E-state index contributed by atoms with van der Waals surface area (Å²) in [7, 11) is 0. The number of carbonyl (C=O) groups is 1. The van der Waals surface area contributed by atoms with Gasteiger partial charge < -0.3 is 10.5 Å². The van der Waals surface area contributed by atoms with Crippen molar-refractivity contribution < 1.29 is 4.79 Å². The first-order valence-electron chi connectivity index (χ1n) is 5.44. The van der Waals surface area contributed by atoms with Crippen molar-refractivity contribution in [3.63, 3.8) is 0 Å². The molecule has 2 rings (SSSR count). The van der Waals surface area contributed by atoms with Crippen LogP contribution in [-0.2, 0) is 17.6 Å². The average molecular weight is 223 g/mol. The molecule has 0 aliphatic heterocycles. The summed E-state index contributed by atoms with van der Waals surface area (Å²) in [6.45, 7) is 3.79. The van der Waals surface area contributed by atoms with Gasteiger partial charge in [-0.05, 0) is 50.2 Å². The first-order valence-corrected chi connectivity index (χ1v) is 6.25. The molecule has 2 nitrogen and oxygen atoms in total. The molecule has 15 heavy (non-hydrogen) atoms. The maximum atomic E-state index is 11.1. The Morgan fingerprint density at radius 2 is 2.33 bits per heavy atom. The summed E-state index contributed by atoms with van der Waals surface area (Å²) in [6, 6.07) is 0. The van der Waals surface area contributed by atoms with Crippen LogP contribution in [0, 0.1) is 12.8 Å². The Kier molecular flexibility index (Phi) is 2.83. The summed E-state index contributed by atoms with van der Waals surface area (Å²) < 4.78 is 0. The molecular weight excluding hydrogens is 206 g/mol. The van der Waals surface area contributed by atoms with Gasteiger partial charge in [-0.3, -0.25) is 0 Å². The summed E-state index contributed by atoms with van der Waals surface area (Å²) >= 11 is 1.71. The first-order chi connectivity index (χ1) is 7.08. The fraction of sp³-hybridized carbons (Fsp3) is 0.583. The van der Waals surface area contributed by atoms with Crippen LogP contribution in [0.15, 0.2) is 0 Å². The normalized spacial score (nSPS) is 20.0. The highest BCUT2D eigenvalue weighted by molar-refractivity contribution is 7.16. The van der Waals surface area contributed by atoms with Crippen molar-refractivity contribution in [2.75, 3.05) is 5.73 Å². The maximum Gasteiger partial charge on any atom is 0.130 e. The largest absolute Gasteiger partial charge is 0.390 e. The van der Waals surface area contributed by atoms with Crippen LogP contribution in [0.1, 0.15) is 35.8 Å². The number of Topliss-reactive ketones (excluding diaryl/α,β-unsaturated/α-hetero) is 1. The lowest BCUT2D eigenvalue weighted by Crippen LogP contribution is -2.15. The van der Waals surface area contributed by atoms with Gasteiger partial charge in [-0.1, -0.05) is 0 Å². The number of fused-ring (bicyclic) bond motifs is 1. The molecule has 0 saturated carbocycles. The maximum absolute atomic E-state index is 11.1. The van der Waals surface area contributed by atoms with E-state index in [1.54, 1.807) is 18.3 Å². The van der Waals surface area contributed by atoms with Crippen molar-refractivity contribution in [1.82, 2.24) is 0 Å². The molecule has 1 heterocycles. The highest BCUT2D eigenvalue weighted by Crippen LogP contribution is 2.38. The van der Waals surface area contributed by atoms with E-state index in [1.165, 1.54) is 16.0 Å². The Labute approximate surface area is 94.5 Å². The molecule has 82 valence electrons. The number of carbonyl (C=O) groups excluding carboxylic acids is 1. The third-order valence-electron chi connectivity index (χ3n) is 3.24. The molecule has 1 atom stereocenters. The Bertz CT molecular complexity index is 395. The van der Waals surface area contributed by atoms with E-state index in [-0.39, 0.29) is 0 Å². The second kappa shape index (κ2) is 3.97. The van der Waals surface area contributed by atoms with Gasteiger partial charge in [0.05, 0.1) is 5.00 Å². The number of ketones is 1. The lowest BCUT2D eigenvalue weighted by atomic mass is 9.84. The van der Waals surface area contributed by atoms with Gasteiger partial charge in [0.25, 0.3) is 0 Å². The van der Waals surface area contributed by atoms with Crippen molar-refractivity contribution in [1.29, 1.82) is 0 Å². The Hall–Kier alpha value is -0.830. The fourth-order valence-electron chi connectivity index (χ4n) is 2.41. The number of nitrogen functional groups attached to an aromatic ring is 1. The van der Waals surface area contributed by atoms with Crippen molar-refractivity contribution in [2.45, 2.75) is 39.5 Å². The zero-order chi connectivity index (χ0) is 11.0. The van der Waals surface area contributed by atoms with Gasteiger partial charge in [-0.15, -0.1) is 11.3 Å². The molecule has 0 aromatic carbocycles. The molecule has 0 bridgehead atoms. The van der Waals surface area contributed by atoms with Crippen LogP contribution in [0.4, 0.5) is 5.00 Å². The van der Waals surface area contributed by atoms with E-state index >= 15 is 0 Å². The van der Waals surface area contributed by atoms with Crippen molar-refractivity contribution >= 4 is 22.1 Å². The molecule has 3 heteroatoms. The Morgan fingerprint density at radius 1 is 1.60 bits per heavy atom. The molecular formula is C12H17NOS. The van der Waals surface area contributed by atoms with E-state index < -0.39 is 0 Å². The molecule has 1 aromatic rings. The predicted molar refractivity (Wildman–Crippen MR) is 64.3 cm³/mol. The predicted octanol–water partition coefficient (Wildman–Crippen LogP) is 2.72. The number of rotatable bonds is 2. The molecule has 0 radical (unpaired) electrons. The smallest absolute Gasteiger partial charge is 0.130 e. The second-order valence-corrected chi connectivity index (χ2v) is 5.64. The van der Waals surface area contributed by atoms with Gasteiger partial charge in [0, 0.05) is 11.3 Å². The van der Waals surface area contributed by atoms with Crippen LogP contribution in [0.3, 0.4) is 0 Å². The quantitative estimate of drug-likeness (QED) is 0.837. The van der Waals surface area contributed by atoms with Gasteiger partial charge in [-0.2, -0.15) is 0 Å². The van der Waals surface area contributed by atoms with E-state index in [1.807, 2.05) is 0 Å². The van der Waals surface area contributed by atoms with Crippen LogP contribution in [0.5, 0.6) is 0 Å². The van der Waals surface area contributed by atoms with E-state index in [9.17, 15) is 4.79 Å². The van der Waals surface area contributed by atoms with E-state index in [2.05, 4.69) is 6.92 Å². The van der Waals surface area contributed by atoms with Gasteiger partial charge in [-0.25, -0.2) is 0 Å². The van der Waals surface area contributed by atoms with Crippen LogP contribution in [-0.4, -0.2) is 5.78 Å². The van der Waals surface area contributed by atoms with Gasteiger partial charge in [0.15, 0.2) is 0 Å². The van der Waals surface area contributed by atoms with Crippen LogP contribution < -0.4 is 5.73 Å². The number of anilines is 1. The summed E-state index contributed by atoms with van der Waals surface area (Å²) in [6.07, 6.45) is 4.03. The fourth-order valence-corrected chi connectivity index (χ4v) is 3.65. The first kappa shape index (κ1) is 10.7. The van der Waals surface area contributed by atoms with Gasteiger partial charge in [0.2, 0.25) is 0 Å². The zero-order valence-corrected chi connectivity index (χ0v) is 10.1. The van der Waals surface area contributed by atoms with E-state index in [0.717, 1.165) is 30.7 Å². The Balaban J connectivity index is 2.16. The summed E-state index contributed by atoms with van der Waals surface area (Å²) in [5.74, 6) is 0.858.